The molecule has 0 aromatic carbocycles. The Morgan fingerprint density at radius 1 is 1.42 bits per heavy atom. The van der Waals surface area contributed by atoms with E-state index in [2.05, 4.69) is 4.98 Å². The Morgan fingerprint density at radius 3 is 2.47 bits per heavy atom. The number of ketones is 1. The summed E-state index contributed by atoms with van der Waals surface area (Å²) in [6.45, 7) is 1.78. The number of carbonyl (C=O) groups is 2. The molecule has 19 heavy (non-hydrogen) atoms. The maximum absolute atomic E-state index is 12.3. The Bertz CT molecular complexity index is 538. The number of Topliss-reactive ketones (excluding diaryl/α,β-unsaturated/α-hetero) is 1. The number of aromatic nitrogens is 1. The van der Waals surface area contributed by atoms with Crippen molar-refractivity contribution in [2.75, 3.05) is 14.1 Å². The van der Waals surface area contributed by atoms with Crippen molar-refractivity contribution >= 4 is 23.4 Å². The van der Waals surface area contributed by atoms with Gasteiger partial charge in [-0.3, -0.25) is 9.78 Å². The topological polar surface area (TPSA) is 70.5 Å². The maximum atomic E-state index is 12.3. The summed E-state index contributed by atoms with van der Waals surface area (Å²) in [5.41, 5.74) is 0.0849. The second-order valence-electron chi connectivity index (χ2n) is 4.04. The van der Waals surface area contributed by atoms with Gasteiger partial charge in [-0.1, -0.05) is 18.5 Å². The van der Waals surface area contributed by atoms with E-state index in [4.69, 9.17) is 11.6 Å². The molecule has 1 aromatic heterocycles. The fraction of sp³-hybridized carbons (Fsp3) is 0.308. The number of carboxylic acids is 1. The third-order valence-electron chi connectivity index (χ3n) is 2.58. The second kappa shape index (κ2) is 6.33. The smallest absolute Gasteiger partial charge is 0.341 e. The standard InChI is InChI=1S/C13H15ClN2O3/c1-4-9(16(2)3)10(13(18)19)12(17)11-8(14)6-5-7-15-11/h5-7H,4H2,1-3H3,(H,18,19). The SMILES string of the molecule is CCC(=C(C(=O)O)C(=O)c1ncccc1Cl)N(C)C. The molecular weight excluding hydrogens is 268 g/mol. The molecule has 0 amide bonds. The molecule has 1 N–H and O–H groups in total. The minimum absolute atomic E-state index is 0.0469. The summed E-state index contributed by atoms with van der Waals surface area (Å²) in [4.78, 5) is 29.1. The molecule has 0 unspecified atom stereocenters. The number of aliphatic carboxylic acids is 1. The summed E-state index contributed by atoms with van der Waals surface area (Å²) in [6.07, 6.45) is 1.82. The van der Waals surface area contributed by atoms with Crippen LogP contribution >= 0.6 is 11.6 Å². The molecular formula is C13H15ClN2O3. The number of allylic oxidation sites excluding steroid dienone is 1. The Labute approximate surface area is 116 Å². The summed E-state index contributed by atoms with van der Waals surface area (Å²) < 4.78 is 0. The van der Waals surface area contributed by atoms with Gasteiger partial charge >= 0.3 is 5.97 Å². The van der Waals surface area contributed by atoms with Gasteiger partial charge in [-0.25, -0.2) is 4.79 Å². The Morgan fingerprint density at radius 2 is 2.05 bits per heavy atom. The number of nitrogens with zero attached hydrogens (tertiary/aromatic N) is 2. The van der Waals surface area contributed by atoms with E-state index in [0.717, 1.165) is 0 Å². The van der Waals surface area contributed by atoms with Gasteiger partial charge in [0.05, 0.1) is 5.02 Å². The molecule has 6 heteroatoms. The van der Waals surface area contributed by atoms with Gasteiger partial charge in [0.25, 0.3) is 0 Å². The van der Waals surface area contributed by atoms with Gasteiger partial charge in [-0.05, 0) is 18.6 Å². The summed E-state index contributed by atoms with van der Waals surface area (Å²) in [5.74, 6) is -1.96. The van der Waals surface area contributed by atoms with E-state index >= 15 is 0 Å². The van der Waals surface area contributed by atoms with Crippen molar-refractivity contribution in [2.24, 2.45) is 0 Å². The highest BCUT2D eigenvalue weighted by atomic mass is 35.5. The predicted octanol–water partition coefficient (Wildman–Crippen LogP) is 2.23. The van der Waals surface area contributed by atoms with Gasteiger partial charge in [-0.2, -0.15) is 0 Å². The molecule has 0 atom stereocenters. The summed E-state index contributed by atoms with van der Waals surface area (Å²) >= 11 is 5.88. The second-order valence-corrected chi connectivity index (χ2v) is 4.44. The molecule has 0 saturated heterocycles. The van der Waals surface area contributed by atoms with Crippen LogP contribution in [0.4, 0.5) is 0 Å². The van der Waals surface area contributed by atoms with Crippen molar-refractivity contribution in [3.05, 3.63) is 40.3 Å². The molecule has 1 aromatic rings. The largest absolute Gasteiger partial charge is 0.477 e. The zero-order valence-corrected chi connectivity index (χ0v) is 11.7. The van der Waals surface area contributed by atoms with Gasteiger partial charge in [0.2, 0.25) is 5.78 Å². The third kappa shape index (κ3) is 3.32. The van der Waals surface area contributed by atoms with Crippen LogP contribution in [0.15, 0.2) is 29.6 Å². The van der Waals surface area contributed by atoms with Crippen LogP contribution in [-0.2, 0) is 4.79 Å². The fourth-order valence-corrected chi connectivity index (χ4v) is 1.95. The van der Waals surface area contributed by atoms with Gasteiger partial charge in [0.1, 0.15) is 11.3 Å². The first-order valence-corrected chi connectivity index (χ1v) is 6.06. The number of carboxylic acid groups (broad SMARTS) is 1. The van der Waals surface area contributed by atoms with Crippen molar-refractivity contribution in [3.8, 4) is 0 Å². The minimum atomic E-state index is -1.28. The van der Waals surface area contributed by atoms with Crippen molar-refractivity contribution in [1.29, 1.82) is 0 Å². The quantitative estimate of drug-likeness (QED) is 0.388. The molecule has 0 radical (unpaired) electrons. The molecule has 102 valence electrons. The van der Waals surface area contributed by atoms with E-state index in [-0.39, 0.29) is 16.3 Å². The Kier molecular flexibility index (Phi) is 5.06. The number of halogens is 1. The average Bonchev–Trinajstić information content (AvgIpc) is 2.34. The first-order chi connectivity index (χ1) is 8.90. The van der Waals surface area contributed by atoms with Crippen LogP contribution in [0.1, 0.15) is 23.8 Å². The monoisotopic (exact) mass is 282 g/mol. The van der Waals surface area contributed by atoms with E-state index < -0.39 is 11.8 Å². The van der Waals surface area contributed by atoms with Crippen molar-refractivity contribution in [1.82, 2.24) is 9.88 Å². The van der Waals surface area contributed by atoms with Crippen LogP contribution < -0.4 is 0 Å². The highest BCUT2D eigenvalue weighted by Gasteiger charge is 2.26. The van der Waals surface area contributed by atoms with Crippen LogP contribution in [0.25, 0.3) is 0 Å². The van der Waals surface area contributed by atoms with Crippen molar-refractivity contribution < 1.29 is 14.7 Å². The van der Waals surface area contributed by atoms with Gasteiger partial charge in [-0.15, -0.1) is 0 Å². The molecule has 0 aliphatic carbocycles. The van der Waals surface area contributed by atoms with E-state index in [0.29, 0.717) is 12.1 Å². The van der Waals surface area contributed by atoms with E-state index in [1.54, 1.807) is 32.0 Å². The number of hydrogen-bond acceptors (Lipinski definition) is 4. The number of rotatable bonds is 5. The fourth-order valence-electron chi connectivity index (χ4n) is 1.74. The molecule has 0 aliphatic heterocycles. The third-order valence-corrected chi connectivity index (χ3v) is 2.88. The highest BCUT2D eigenvalue weighted by molar-refractivity contribution is 6.36. The van der Waals surface area contributed by atoms with Gasteiger partial charge in [0.15, 0.2) is 0 Å². The molecule has 1 rings (SSSR count). The minimum Gasteiger partial charge on any atom is -0.477 e. The van der Waals surface area contributed by atoms with Crippen LogP contribution in [0.2, 0.25) is 5.02 Å². The van der Waals surface area contributed by atoms with Crippen molar-refractivity contribution in [2.45, 2.75) is 13.3 Å². The van der Waals surface area contributed by atoms with E-state index in [1.165, 1.54) is 12.3 Å². The molecule has 0 bridgehead atoms. The predicted molar refractivity (Wildman–Crippen MR) is 72.2 cm³/mol. The average molecular weight is 283 g/mol. The Hall–Kier alpha value is -1.88. The van der Waals surface area contributed by atoms with Crippen LogP contribution in [0.5, 0.6) is 0 Å². The maximum Gasteiger partial charge on any atom is 0.341 e. The lowest BCUT2D eigenvalue weighted by Crippen LogP contribution is -2.23. The first kappa shape index (κ1) is 15.2. The normalized spacial score (nSPS) is 11.8. The summed E-state index contributed by atoms with van der Waals surface area (Å²) in [6, 6.07) is 3.08. The number of pyridine rings is 1. The summed E-state index contributed by atoms with van der Waals surface area (Å²) in [7, 11) is 3.38. The molecule has 0 fully saturated rings. The summed E-state index contributed by atoms with van der Waals surface area (Å²) in [5, 5.41) is 9.41. The first-order valence-electron chi connectivity index (χ1n) is 5.69. The Balaban J connectivity index is 3.41. The van der Waals surface area contributed by atoms with Crippen LogP contribution in [-0.4, -0.2) is 40.8 Å². The molecule has 0 saturated carbocycles. The van der Waals surface area contributed by atoms with E-state index in [1.807, 2.05) is 0 Å². The number of hydrogen-bond donors (Lipinski definition) is 1. The van der Waals surface area contributed by atoms with Crippen LogP contribution in [0.3, 0.4) is 0 Å². The lowest BCUT2D eigenvalue weighted by atomic mass is 10.0. The molecule has 5 nitrogen and oxygen atoms in total. The van der Waals surface area contributed by atoms with Gasteiger partial charge < -0.3 is 10.0 Å². The van der Waals surface area contributed by atoms with Gasteiger partial charge in [0, 0.05) is 26.0 Å². The lowest BCUT2D eigenvalue weighted by molar-refractivity contribution is -0.132. The van der Waals surface area contributed by atoms with Crippen molar-refractivity contribution in [3.63, 3.8) is 0 Å². The zero-order valence-electron chi connectivity index (χ0n) is 11.0. The highest BCUT2D eigenvalue weighted by Crippen LogP contribution is 2.20. The van der Waals surface area contributed by atoms with E-state index in [9.17, 15) is 14.7 Å². The molecule has 0 spiro atoms. The van der Waals surface area contributed by atoms with Crippen LogP contribution in [0, 0.1) is 0 Å². The molecule has 1 heterocycles. The number of carbonyl (C=O) groups excluding carboxylic acids is 1. The lowest BCUT2D eigenvalue weighted by Gasteiger charge is -2.18. The molecule has 0 aliphatic rings. The zero-order chi connectivity index (χ0) is 14.6.